The molecule has 6 nitrogen and oxygen atoms in total. The molecule has 0 aliphatic heterocycles. The van der Waals surface area contributed by atoms with E-state index >= 15 is 0 Å². The molecule has 0 amide bonds. The maximum Gasteiger partial charge on any atom is 0.416 e. The highest BCUT2D eigenvalue weighted by atomic mass is 19.4. The van der Waals surface area contributed by atoms with Crippen LogP contribution in [0.3, 0.4) is 0 Å². The summed E-state index contributed by atoms with van der Waals surface area (Å²) in [7, 11) is 1.35. The molecule has 0 unspecified atom stereocenters. The summed E-state index contributed by atoms with van der Waals surface area (Å²) < 4.78 is 73.1. The van der Waals surface area contributed by atoms with Crippen LogP contribution >= 0.6 is 0 Å². The molecule has 2 aromatic heterocycles. The molecule has 4 aromatic rings. The van der Waals surface area contributed by atoms with Crippen LogP contribution in [0.25, 0.3) is 11.3 Å². The molecule has 1 N–H and O–H groups in total. The number of benzene rings is 2. The van der Waals surface area contributed by atoms with Gasteiger partial charge in [-0.05, 0) is 36.8 Å². The number of aromatic amines is 1. The Labute approximate surface area is 196 Å². The zero-order valence-electron chi connectivity index (χ0n) is 18.5. The standard InChI is InChI=1S/C24H19F5N4O2/c1-13(17-5-4-16(9-18(17)25)24(27,28)29)33-12-15(11-30-33)20-10-23(34)32-22(31-20)8-14-3-6-21(35-2)19(26)7-14/h3-7,9-13H,8H2,1-2H3,(H,31,32,34)/t13-/m0/s1. The van der Waals surface area contributed by atoms with Crippen molar-refractivity contribution < 1.29 is 26.7 Å². The summed E-state index contributed by atoms with van der Waals surface area (Å²) in [4.78, 5) is 19.2. The molecule has 35 heavy (non-hydrogen) atoms. The van der Waals surface area contributed by atoms with Gasteiger partial charge in [-0.25, -0.2) is 13.8 Å². The van der Waals surface area contributed by atoms with Crippen LogP contribution in [-0.4, -0.2) is 26.9 Å². The predicted molar refractivity (Wildman–Crippen MR) is 117 cm³/mol. The number of hydrogen-bond donors (Lipinski definition) is 1. The van der Waals surface area contributed by atoms with E-state index in [2.05, 4.69) is 15.1 Å². The number of methoxy groups -OCH3 is 1. The molecular formula is C24H19F5N4O2. The average molecular weight is 490 g/mol. The van der Waals surface area contributed by atoms with E-state index < -0.39 is 35.0 Å². The smallest absolute Gasteiger partial charge is 0.416 e. The fourth-order valence-electron chi connectivity index (χ4n) is 3.62. The van der Waals surface area contributed by atoms with Gasteiger partial charge in [0.2, 0.25) is 0 Å². The highest BCUT2D eigenvalue weighted by molar-refractivity contribution is 5.56. The summed E-state index contributed by atoms with van der Waals surface area (Å²) in [5.41, 5.74) is -0.210. The zero-order chi connectivity index (χ0) is 25.3. The van der Waals surface area contributed by atoms with Gasteiger partial charge in [-0.3, -0.25) is 9.48 Å². The Morgan fingerprint density at radius 1 is 1.09 bits per heavy atom. The Kier molecular flexibility index (Phi) is 6.42. The van der Waals surface area contributed by atoms with Crippen LogP contribution in [-0.2, 0) is 12.6 Å². The summed E-state index contributed by atoms with van der Waals surface area (Å²) >= 11 is 0. The maximum absolute atomic E-state index is 14.4. The molecule has 0 radical (unpaired) electrons. The van der Waals surface area contributed by atoms with E-state index in [9.17, 15) is 26.7 Å². The van der Waals surface area contributed by atoms with E-state index in [-0.39, 0.29) is 29.3 Å². The van der Waals surface area contributed by atoms with Gasteiger partial charge < -0.3 is 9.72 Å². The molecule has 0 saturated carbocycles. The van der Waals surface area contributed by atoms with E-state index in [1.165, 1.54) is 42.4 Å². The second kappa shape index (κ2) is 9.32. The van der Waals surface area contributed by atoms with E-state index in [0.29, 0.717) is 17.2 Å². The lowest BCUT2D eigenvalue weighted by Gasteiger charge is -2.15. The first-order valence-electron chi connectivity index (χ1n) is 10.4. The van der Waals surface area contributed by atoms with Gasteiger partial charge in [0.05, 0.1) is 30.6 Å². The van der Waals surface area contributed by atoms with E-state index in [1.54, 1.807) is 13.0 Å². The van der Waals surface area contributed by atoms with Gasteiger partial charge in [0.15, 0.2) is 11.6 Å². The molecule has 0 spiro atoms. The molecule has 0 bridgehead atoms. The molecule has 0 saturated heterocycles. The van der Waals surface area contributed by atoms with Crippen molar-refractivity contribution in [3.8, 4) is 17.0 Å². The normalized spacial score (nSPS) is 12.5. The van der Waals surface area contributed by atoms with Crippen LogP contribution < -0.4 is 10.3 Å². The lowest BCUT2D eigenvalue weighted by molar-refractivity contribution is -0.137. The first kappa shape index (κ1) is 24.1. The van der Waals surface area contributed by atoms with Crippen LogP contribution in [0.4, 0.5) is 22.0 Å². The quantitative estimate of drug-likeness (QED) is 0.380. The lowest BCUT2D eigenvalue weighted by Crippen LogP contribution is -2.12. The van der Waals surface area contributed by atoms with Crippen molar-refractivity contribution in [3.05, 3.63) is 99.4 Å². The first-order chi connectivity index (χ1) is 16.5. The fourth-order valence-corrected chi connectivity index (χ4v) is 3.62. The SMILES string of the molecule is COc1ccc(Cc2nc(-c3cnn([C@@H](C)c4ccc(C(F)(F)F)cc4F)c3)cc(=O)[nH]2)cc1F. The zero-order valence-corrected chi connectivity index (χ0v) is 18.5. The van der Waals surface area contributed by atoms with Crippen molar-refractivity contribution in [2.75, 3.05) is 7.11 Å². The third-order valence-corrected chi connectivity index (χ3v) is 5.45. The summed E-state index contributed by atoms with van der Waals surface area (Å²) in [6.07, 6.45) is -1.58. The van der Waals surface area contributed by atoms with Crippen LogP contribution in [0.5, 0.6) is 5.75 Å². The number of aromatic nitrogens is 4. The number of hydrogen-bond acceptors (Lipinski definition) is 4. The predicted octanol–water partition coefficient (Wildman–Crippen LogP) is 5.14. The van der Waals surface area contributed by atoms with Crippen LogP contribution in [0.15, 0.2) is 59.7 Å². The molecule has 2 heterocycles. The Morgan fingerprint density at radius 3 is 2.51 bits per heavy atom. The molecule has 182 valence electrons. The number of halogens is 5. The number of nitrogens with one attached hydrogen (secondary N) is 1. The van der Waals surface area contributed by atoms with Crippen molar-refractivity contribution in [2.24, 2.45) is 0 Å². The molecule has 0 fully saturated rings. The molecule has 11 heteroatoms. The van der Waals surface area contributed by atoms with Crippen LogP contribution in [0, 0.1) is 11.6 Å². The van der Waals surface area contributed by atoms with Gasteiger partial charge in [-0.1, -0.05) is 12.1 Å². The Bertz CT molecular complexity index is 1430. The second-order valence-electron chi connectivity index (χ2n) is 7.84. The van der Waals surface area contributed by atoms with Crippen LogP contribution in [0.2, 0.25) is 0 Å². The minimum absolute atomic E-state index is 0.0220. The summed E-state index contributed by atoms with van der Waals surface area (Å²) in [5, 5.41) is 4.17. The number of alkyl halides is 3. The summed E-state index contributed by atoms with van der Waals surface area (Å²) in [5.74, 6) is -1.18. The third kappa shape index (κ3) is 5.23. The molecule has 1 atom stereocenters. The minimum atomic E-state index is -4.65. The third-order valence-electron chi connectivity index (χ3n) is 5.45. The molecular weight excluding hydrogens is 471 g/mol. The van der Waals surface area contributed by atoms with Crippen molar-refractivity contribution in [1.82, 2.24) is 19.7 Å². The largest absolute Gasteiger partial charge is 0.494 e. The lowest BCUT2D eigenvalue weighted by atomic mass is 10.0. The van der Waals surface area contributed by atoms with Gasteiger partial charge in [0.25, 0.3) is 5.56 Å². The Balaban J connectivity index is 1.59. The molecule has 0 aliphatic carbocycles. The van der Waals surface area contributed by atoms with Gasteiger partial charge in [-0.15, -0.1) is 0 Å². The van der Waals surface area contributed by atoms with Gasteiger partial charge in [0, 0.05) is 29.8 Å². The highest BCUT2D eigenvalue weighted by Crippen LogP contribution is 2.32. The number of rotatable bonds is 6. The number of nitrogens with zero attached hydrogens (tertiary/aromatic N) is 3. The maximum atomic E-state index is 14.4. The minimum Gasteiger partial charge on any atom is -0.494 e. The van der Waals surface area contributed by atoms with Crippen LogP contribution in [0.1, 0.15) is 35.5 Å². The van der Waals surface area contributed by atoms with Crippen molar-refractivity contribution in [1.29, 1.82) is 0 Å². The molecule has 4 rings (SSSR count). The topological polar surface area (TPSA) is 72.8 Å². The fraction of sp³-hybridized carbons (Fsp3) is 0.208. The van der Waals surface area contributed by atoms with E-state index in [1.807, 2.05) is 0 Å². The van der Waals surface area contributed by atoms with Crippen molar-refractivity contribution >= 4 is 0 Å². The summed E-state index contributed by atoms with van der Waals surface area (Å²) in [6, 6.07) is 7.25. The number of ether oxygens (including phenoxy) is 1. The second-order valence-corrected chi connectivity index (χ2v) is 7.84. The van der Waals surface area contributed by atoms with E-state index in [0.717, 1.165) is 12.1 Å². The van der Waals surface area contributed by atoms with Gasteiger partial charge >= 0.3 is 6.18 Å². The summed E-state index contributed by atoms with van der Waals surface area (Å²) in [6.45, 7) is 1.58. The first-order valence-corrected chi connectivity index (χ1v) is 10.4. The average Bonchev–Trinajstić information content (AvgIpc) is 3.28. The Hall–Kier alpha value is -4.02. The number of H-pyrrole nitrogens is 1. The van der Waals surface area contributed by atoms with Gasteiger partial charge in [-0.2, -0.15) is 18.3 Å². The monoisotopic (exact) mass is 490 g/mol. The highest BCUT2D eigenvalue weighted by Gasteiger charge is 2.31. The van der Waals surface area contributed by atoms with Crippen molar-refractivity contribution in [2.45, 2.75) is 25.6 Å². The molecule has 0 aliphatic rings. The van der Waals surface area contributed by atoms with Crippen molar-refractivity contribution in [3.63, 3.8) is 0 Å². The van der Waals surface area contributed by atoms with Gasteiger partial charge in [0.1, 0.15) is 11.6 Å². The van der Waals surface area contributed by atoms with E-state index in [4.69, 9.17) is 4.74 Å². The molecule has 2 aromatic carbocycles. The Morgan fingerprint density at radius 2 is 1.86 bits per heavy atom.